The van der Waals surface area contributed by atoms with Crippen LogP contribution in [0.15, 0.2) is 42.6 Å². The summed E-state index contributed by atoms with van der Waals surface area (Å²) in [5, 5.41) is 20.3. The Labute approximate surface area is 208 Å². The second-order valence-corrected chi connectivity index (χ2v) is 10.0. The summed E-state index contributed by atoms with van der Waals surface area (Å²) in [5.74, 6) is -0.0471. The van der Waals surface area contributed by atoms with Crippen molar-refractivity contribution in [1.29, 1.82) is 5.26 Å². The molecule has 35 heavy (non-hydrogen) atoms. The SMILES string of the molecule is CC(CC(=O)Nc1sc2c(c1C#N)CCC(OC(=O)NC(C)c1ccnn1C)C2)c1ccccc1. The lowest BCUT2D eigenvalue weighted by molar-refractivity contribution is -0.116. The number of amides is 2. The molecule has 1 aromatic carbocycles. The first-order valence-corrected chi connectivity index (χ1v) is 12.5. The summed E-state index contributed by atoms with van der Waals surface area (Å²) >= 11 is 1.40. The third-order valence-electron chi connectivity index (χ3n) is 6.36. The van der Waals surface area contributed by atoms with Gasteiger partial charge in [-0.25, -0.2) is 4.79 Å². The fourth-order valence-corrected chi connectivity index (χ4v) is 5.74. The molecule has 2 amide bonds. The predicted octanol–water partition coefficient (Wildman–Crippen LogP) is 4.83. The van der Waals surface area contributed by atoms with Crippen molar-refractivity contribution < 1.29 is 14.3 Å². The van der Waals surface area contributed by atoms with Crippen molar-refractivity contribution >= 4 is 28.3 Å². The van der Waals surface area contributed by atoms with Gasteiger partial charge in [0.2, 0.25) is 5.91 Å². The molecule has 0 saturated carbocycles. The number of nitriles is 1. The molecule has 182 valence electrons. The number of aromatic nitrogens is 2. The van der Waals surface area contributed by atoms with E-state index < -0.39 is 6.09 Å². The van der Waals surface area contributed by atoms with Gasteiger partial charge in [0.1, 0.15) is 17.2 Å². The van der Waals surface area contributed by atoms with E-state index in [4.69, 9.17) is 4.74 Å². The number of hydrogen-bond donors (Lipinski definition) is 2. The van der Waals surface area contributed by atoms with Crippen LogP contribution >= 0.6 is 11.3 Å². The van der Waals surface area contributed by atoms with E-state index in [0.717, 1.165) is 21.7 Å². The molecule has 3 unspecified atom stereocenters. The summed E-state index contributed by atoms with van der Waals surface area (Å²) in [6, 6.07) is 13.8. The number of anilines is 1. The molecule has 0 saturated heterocycles. The predicted molar refractivity (Wildman–Crippen MR) is 134 cm³/mol. The average Bonchev–Trinajstić information content (AvgIpc) is 3.41. The number of fused-ring (bicyclic) bond motifs is 1. The summed E-state index contributed by atoms with van der Waals surface area (Å²) in [5.41, 5.74) is 3.46. The maximum absolute atomic E-state index is 12.7. The molecule has 0 spiro atoms. The van der Waals surface area contributed by atoms with Gasteiger partial charge in [-0.3, -0.25) is 9.48 Å². The van der Waals surface area contributed by atoms with Crippen LogP contribution in [0.2, 0.25) is 0 Å². The number of thiophene rings is 1. The number of nitrogens with zero attached hydrogens (tertiary/aromatic N) is 3. The first kappa shape index (κ1) is 24.5. The minimum absolute atomic E-state index is 0.0707. The number of ether oxygens (including phenoxy) is 1. The van der Waals surface area contributed by atoms with E-state index in [0.29, 0.717) is 36.2 Å². The summed E-state index contributed by atoms with van der Waals surface area (Å²) in [4.78, 5) is 26.2. The van der Waals surface area contributed by atoms with Crippen molar-refractivity contribution in [3.05, 3.63) is 69.9 Å². The van der Waals surface area contributed by atoms with Crippen molar-refractivity contribution in [2.75, 3.05) is 5.32 Å². The topological polar surface area (TPSA) is 109 Å². The Morgan fingerprint density at radius 2 is 2.06 bits per heavy atom. The van der Waals surface area contributed by atoms with Crippen molar-refractivity contribution in [1.82, 2.24) is 15.1 Å². The summed E-state index contributed by atoms with van der Waals surface area (Å²) < 4.78 is 7.39. The smallest absolute Gasteiger partial charge is 0.407 e. The molecular weight excluding hydrogens is 462 g/mol. The molecule has 3 atom stereocenters. The number of hydrogen-bond acceptors (Lipinski definition) is 6. The molecule has 0 fully saturated rings. The van der Waals surface area contributed by atoms with E-state index >= 15 is 0 Å². The monoisotopic (exact) mass is 491 g/mol. The van der Waals surface area contributed by atoms with Gasteiger partial charge < -0.3 is 15.4 Å². The fourth-order valence-electron chi connectivity index (χ4n) is 4.46. The highest BCUT2D eigenvalue weighted by atomic mass is 32.1. The van der Waals surface area contributed by atoms with E-state index in [1.807, 2.05) is 57.3 Å². The minimum Gasteiger partial charge on any atom is -0.446 e. The summed E-state index contributed by atoms with van der Waals surface area (Å²) in [6.45, 7) is 3.89. The van der Waals surface area contributed by atoms with Crippen LogP contribution in [0.5, 0.6) is 0 Å². The average molecular weight is 492 g/mol. The number of benzene rings is 1. The van der Waals surface area contributed by atoms with Gasteiger partial charge in [0.25, 0.3) is 0 Å². The van der Waals surface area contributed by atoms with Crippen LogP contribution in [0.1, 0.15) is 65.9 Å². The summed E-state index contributed by atoms with van der Waals surface area (Å²) in [7, 11) is 1.82. The van der Waals surface area contributed by atoms with Gasteiger partial charge in [-0.2, -0.15) is 10.4 Å². The molecule has 2 aromatic heterocycles. The molecule has 9 heteroatoms. The normalized spacial score (nSPS) is 16.5. The number of rotatable bonds is 7. The maximum Gasteiger partial charge on any atom is 0.407 e. The number of carbonyl (C=O) groups excluding carboxylic acids is 2. The first-order chi connectivity index (χ1) is 16.9. The Morgan fingerprint density at radius 3 is 2.74 bits per heavy atom. The summed E-state index contributed by atoms with van der Waals surface area (Å²) in [6.07, 6.45) is 3.03. The van der Waals surface area contributed by atoms with Crippen LogP contribution in [-0.4, -0.2) is 27.9 Å². The van der Waals surface area contributed by atoms with Crippen LogP contribution in [-0.2, 0) is 29.4 Å². The van der Waals surface area contributed by atoms with E-state index in [2.05, 4.69) is 21.8 Å². The highest BCUT2D eigenvalue weighted by molar-refractivity contribution is 7.16. The van der Waals surface area contributed by atoms with Crippen molar-refractivity contribution in [2.45, 2.75) is 57.6 Å². The van der Waals surface area contributed by atoms with Crippen molar-refractivity contribution in [3.63, 3.8) is 0 Å². The molecule has 2 N–H and O–H groups in total. The van der Waals surface area contributed by atoms with Crippen LogP contribution in [0, 0.1) is 11.3 Å². The van der Waals surface area contributed by atoms with E-state index in [1.165, 1.54) is 11.3 Å². The number of aryl methyl sites for hydroxylation is 1. The Hall–Kier alpha value is -3.64. The molecule has 0 radical (unpaired) electrons. The largest absolute Gasteiger partial charge is 0.446 e. The van der Waals surface area contributed by atoms with Gasteiger partial charge in [-0.15, -0.1) is 11.3 Å². The lowest BCUT2D eigenvalue weighted by Gasteiger charge is -2.23. The molecule has 0 aliphatic heterocycles. The Bertz CT molecular complexity index is 1240. The van der Waals surface area contributed by atoms with Gasteiger partial charge >= 0.3 is 6.09 Å². The Balaban J connectivity index is 1.36. The zero-order chi connectivity index (χ0) is 24.9. The van der Waals surface area contributed by atoms with Crippen LogP contribution in [0.4, 0.5) is 9.80 Å². The van der Waals surface area contributed by atoms with E-state index in [9.17, 15) is 14.9 Å². The molecule has 4 rings (SSSR count). The van der Waals surface area contributed by atoms with Crippen LogP contribution in [0.25, 0.3) is 0 Å². The van der Waals surface area contributed by atoms with Gasteiger partial charge in [0.15, 0.2) is 0 Å². The molecule has 0 bridgehead atoms. The van der Waals surface area contributed by atoms with Gasteiger partial charge in [-0.1, -0.05) is 37.3 Å². The zero-order valence-electron chi connectivity index (χ0n) is 20.1. The number of alkyl carbamates (subject to hydrolysis) is 1. The van der Waals surface area contributed by atoms with Gasteiger partial charge in [0.05, 0.1) is 17.3 Å². The van der Waals surface area contributed by atoms with Gasteiger partial charge in [0, 0.05) is 31.0 Å². The zero-order valence-corrected chi connectivity index (χ0v) is 20.9. The standard InChI is InChI=1S/C26H29N5O3S/c1-16(18-7-5-4-6-8-18)13-24(32)30-25-21(15-27)20-10-9-19(14-23(20)35-25)34-26(33)29-17(2)22-11-12-28-31(22)3/h4-8,11-12,16-17,19H,9-10,13-14H2,1-3H3,(H,29,33)(H,30,32). The quantitative estimate of drug-likeness (QED) is 0.492. The molecule has 8 nitrogen and oxygen atoms in total. The minimum atomic E-state index is -0.479. The lowest BCUT2D eigenvalue weighted by atomic mass is 9.93. The highest BCUT2D eigenvalue weighted by Crippen LogP contribution is 2.38. The third-order valence-corrected chi connectivity index (χ3v) is 7.53. The lowest BCUT2D eigenvalue weighted by Crippen LogP contribution is -2.34. The Morgan fingerprint density at radius 1 is 1.29 bits per heavy atom. The Kier molecular flexibility index (Phi) is 7.51. The highest BCUT2D eigenvalue weighted by Gasteiger charge is 2.29. The number of nitrogens with one attached hydrogen (secondary N) is 2. The third kappa shape index (κ3) is 5.72. The molecule has 2 heterocycles. The maximum atomic E-state index is 12.7. The van der Waals surface area contributed by atoms with Crippen molar-refractivity contribution in [2.24, 2.45) is 7.05 Å². The second kappa shape index (κ2) is 10.7. The molecule has 3 aromatic rings. The molecule has 1 aliphatic rings. The fraction of sp³-hybridized carbons (Fsp3) is 0.385. The van der Waals surface area contributed by atoms with E-state index in [-0.39, 0.29) is 24.0 Å². The van der Waals surface area contributed by atoms with Gasteiger partial charge in [-0.05, 0) is 42.9 Å². The molecular formula is C26H29N5O3S. The van der Waals surface area contributed by atoms with E-state index in [1.54, 1.807) is 10.9 Å². The van der Waals surface area contributed by atoms with Crippen LogP contribution < -0.4 is 10.6 Å². The number of carbonyl (C=O) groups is 2. The van der Waals surface area contributed by atoms with Crippen molar-refractivity contribution in [3.8, 4) is 6.07 Å². The van der Waals surface area contributed by atoms with Crippen LogP contribution in [0.3, 0.4) is 0 Å². The first-order valence-electron chi connectivity index (χ1n) is 11.7. The molecule has 1 aliphatic carbocycles. The second-order valence-electron chi connectivity index (χ2n) is 8.90.